The van der Waals surface area contributed by atoms with Gasteiger partial charge >= 0.3 is 19.3 Å². The Morgan fingerprint density at radius 1 is 1.03 bits per heavy atom. The lowest BCUT2D eigenvalue weighted by atomic mass is 9.71. The topological polar surface area (TPSA) is 77.5 Å². The molecule has 2 bridgehead atoms. The second kappa shape index (κ2) is 9.17. The number of nitrogens with zero attached hydrogens (tertiary/aromatic N) is 2. The molecule has 0 aliphatic carbocycles. The Morgan fingerprint density at radius 2 is 1.66 bits per heavy atom. The fourth-order valence-electron chi connectivity index (χ4n) is 4.61. The number of rotatable bonds is 3. The van der Waals surface area contributed by atoms with Crippen LogP contribution in [0.15, 0.2) is 41.9 Å². The molecule has 2 atom stereocenters. The average molecular weight is 484 g/mol. The molecule has 3 aliphatic heterocycles. The number of carbonyl (C=O) groups excluding carboxylic acids is 2. The molecule has 0 spiro atoms. The molecule has 2 fully saturated rings. The van der Waals surface area contributed by atoms with Crippen molar-refractivity contribution < 1.29 is 28.4 Å². The molecule has 8 nitrogen and oxygen atoms in total. The van der Waals surface area contributed by atoms with Crippen LogP contribution >= 0.6 is 0 Å². The van der Waals surface area contributed by atoms with Crippen LogP contribution in [0.1, 0.15) is 60.5 Å². The van der Waals surface area contributed by atoms with Crippen molar-refractivity contribution >= 4 is 19.3 Å². The van der Waals surface area contributed by atoms with E-state index < -0.39 is 23.9 Å². The molecule has 0 saturated carbocycles. The zero-order valence-electron chi connectivity index (χ0n) is 21.9. The highest BCUT2D eigenvalue weighted by Gasteiger charge is 2.54. The maximum Gasteiger partial charge on any atom is 0.490 e. The summed E-state index contributed by atoms with van der Waals surface area (Å²) in [6, 6.07) is 8.95. The predicted octanol–water partition coefficient (Wildman–Crippen LogP) is 4.57. The van der Waals surface area contributed by atoms with Crippen LogP contribution in [-0.4, -0.2) is 71.1 Å². The van der Waals surface area contributed by atoms with Crippen LogP contribution in [0.2, 0.25) is 0 Å². The van der Waals surface area contributed by atoms with Gasteiger partial charge < -0.3 is 23.7 Å². The molecular weight excluding hydrogens is 447 g/mol. The smallest absolute Gasteiger partial charge is 0.445 e. The van der Waals surface area contributed by atoms with Gasteiger partial charge in [-0.2, -0.15) is 0 Å². The normalized spacial score (nSPS) is 25.2. The lowest BCUT2D eigenvalue weighted by Gasteiger charge is -2.48. The zero-order valence-corrected chi connectivity index (χ0v) is 21.9. The molecular formula is C26H37BN2O6. The van der Waals surface area contributed by atoms with Crippen LogP contribution in [0.4, 0.5) is 9.59 Å². The number of carbonyl (C=O) groups is 2. The summed E-state index contributed by atoms with van der Waals surface area (Å²) in [5.41, 5.74) is 0.397. The molecule has 4 rings (SSSR count). The van der Waals surface area contributed by atoms with Crippen molar-refractivity contribution in [3.63, 3.8) is 0 Å². The lowest BCUT2D eigenvalue weighted by molar-refractivity contribution is -0.0174. The molecule has 2 amide bonds. The lowest BCUT2D eigenvalue weighted by Crippen LogP contribution is -2.64. The van der Waals surface area contributed by atoms with Crippen LogP contribution < -0.4 is 0 Å². The Hall–Kier alpha value is -2.52. The molecule has 1 aromatic carbocycles. The average Bonchev–Trinajstić information content (AvgIpc) is 2.97. The first-order chi connectivity index (χ1) is 16.3. The minimum Gasteiger partial charge on any atom is -0.445 e. The van der Waals surface area contributed by atoms with Gasteiger partial charge in [-0.3, -0.25) is 4.90 Å². The van der Waals surface area contributed by atoms with Gasteiger partial charge in [0.15, 0.2) is 0 Å². The molecule has 0 aromatic heterocycles. The minimum absolute atomic E-state index is 0.205. The summed E-state index contributed by atoms with van der Waals surface area (Å²) in [4.78, 5) is 29.5. The first-order valence-electron chi connectivity index (χ1n) is 12.3. The Morgan fingerprint density at radius 3 is 2.23 bits per heavy atom. The van der Waals surface area contributed by atoms with Crippen LogP contribution in [-0.2, 0) is 25.4 Å². The standard InChI is InChI=1S/C26H37BN2O6/c1-24(2,3)33-23(31)29-20-13-19(27-34-25(4,5)26(6,7)35-27)14-21(29)16-28(15-20)22(30)32-17-18-11-9-8-10-12-18/h8-13,20-21H,14-17H2,1-7H3. The third kappa shape index (κ3) is 5.51. The molecule has 2 saturated heterocycles. The third-order valence-electron chi connectivity index (χ3n) is 7.09. The Balaban J connectivity index is 1.52. The third-order valence-corrected chi connectivity index (χ3v) is 7.09. The van der Waals surface area contributed by atoms with E-state index in [2.05, 4.69) is 0 Å². The van der Waals surface area contributed by atoms with E-state index in [1.165, 1.54) is 0 Å². The number of amides is 2. The van der Waals surface area contributed by atoms with Gasteiger partial charge in [0.1, 0.15) is 12.2 Å². The summed E-state index contributed by atoms with van der Waals surface area (Å²) in [5, 5.41) is 0. The molecule has 0 N–H and O–H groups in total. The summed E-state index contributed by atoms with van der Waals surface area (Å²) >= 11 is 0. The van der Waals surface area contributed by atoms with Gasteiger partial charge in [-0.05, 0) is 65.9 Å². The summed E-state index contributed by atoms with van der Waals surface area (Å²) in [5.74, 6) is 0. The molecule has 0 radical (unpaired) electrons. The molecule has 3 aliphatic rings. The van der Waals surface area contributed by atoms with E-state index >= 15 is 0 Å². The van der Waals surface area contributed by atoms with Crippen LogP contribution in [0, 0.1) is 0 Å². The van der Waals surface area contributed by atoms with Crippen molar-refractivity contribution in [2.45, 2.75) is 90.4 Å². The maximum absolute atomic E-state index is 13.1. The fraction of sp³-hybridized carbons (Fsp3) is 0.615. The van der Waals surface area contributed by atoms with Crippen molar-refractivity contribution in [2.24, 2.45) is 0 Å². The molecule has 2 unspecified atom stereocenters. The van der Waals surface area contributed by atoms with E-state index in [0.29, 0.717) is 19.5 Å². The molecule has 3 heterocycles. The monoisotopic (exact) mass is 484 g/mol. The Bertz CT molecular complexity index is 971. The van der Waals surface area contributed by atoms with Crippen LogP contribution in [0.5, 0.6) is 0 Å². The van der Waals surface area contributed by atoms with E-state index in [-0.39, 0.29) is 30.9 Å². The van der Waals surface area contributed by atoms with Crippen molar-refractivity contribution in [1.82, 2.24) is 9.80 Å². The SMILES string of the molecule is CC(C)(C)OC(=O)N1C2C=C(B3OC(C)(C)C(C)(C)O3)CC1CN(C(=O)OCc1ccccc1)C2. The second-order valence-corrected chi connectivity index (χ2v) is 11.6. The zero-order chi connectivity index (χ0) is 25.6. The van der Waals surface area contributed by atoms with Crippen molar-refractivity contribution in [3.8, 4) is 0 Å². The van der Waals surface area contributed by atoms with Gasteiger partial charge in [-0.25, -0.2) is 9.59 Å². The van der Waals surface area contributed by atoms with Gasteiger partial charge in [0.2, 0.25) is 0 Å². The molecule has 9 heteroatoms. The molecule has 1 aromatic rings. The number of piperazine rings is 1. The van der Waals surface area contributed by atoms with Gasteiger partial charge in [0.25, 0.3) is 0 Å². The first-order valence-corrected chi connectivity index (χ1v) is 12.3. The fourth-order valence-corrected chi connectivity index (χ4v) is 4.61. The van der Waals surface area contributed by atoms with Crippen LogP contribution in [0.25, 0.3) is 0 Å². The minimum atomic E-state index is -0.616. The van der Waals surface area contributed by atoms with Crippen molar-refractivity contribution in [3.05, 3.63) is 47.4 Å². The summed E-state index contributed by atoms with van der Waals surface area (Å²) < 4.78 is 23.8. The van der Waals surface area contributed by atoms with E-state index in [1.807, 2.05) is 84.9 Å². The van der Waals surface area contributed by atoms with Gasteiger partial charge in [0.05, 0.1) is 23.3 Å². The Labute approximate surface area is 208 Å². The predicted molar refractivity (Wildman–Crippen MR) is 133 cm³/mol. The molecule has 35 heavy (non-hydrogen) atoms. The van der Waals surface area contributed by atoms with Gasteiger partial charge in [-0.1, -0.05) is 36.4 Å². The largest absolute Gasteiger partial charge is 0.490 e. The summed E-state index contributed by atoms with van der Waals surface area (Å²) in [6.45, 7) is 14.5. The van der Waals surface area contributed by atoms with Gasteiger partial charge in [0, 0.05) is 13.1 Å². The van der Waals surface area contributed by atoms with Gasteiger partial charge in [-0.15, -0.1) is 0 Å². The van der Waals surface area contributed by atoms with E-state index in [4.69, 9.17) is 18.8 Å². The highest BCUT2D eigenvalue weighted by Crippen LogP contribution is 2.41. The van der Waals surface area contributed by atoms with E-state index in [0.717, 1.165) is 11.0 Å². The van der Waals surface area contributed by atoms with Crippen molar-refractivity contribution in [2.75, 3.05) is 13.1 Å². The summed E-state index contributed by atoms with van der Waals surface area (Å²) in [6.07, 6.45) is 1.75. The highest BCUT2D eigenvalue weighted by molar-refractivity contribution is 6.54. The quantitative estimate of drug-likeness (QED) is 0.585. The number of fused-ring (bicyclic) bond motifs is 2. The first kappa shape index (κ1) is 25.6. The number of benzene rings is 1. The number of hydrogen-bond donors (Lipinski definition) is 0. The van der Waals surface area contributed by atoms with E-state index in [1.54, 1.807) is 9.80 Å². The summed E-state index contributed by atoms with van der Waals surface area (Å²) in [7, 11) is -0.484. The van der Waals surface area contributed by atoms with Crippen molar-refractivity contribution in [1.29, 1.82) is 0 Å². The number of hydrogen-bond acceptors (Lipinski definition) is 6. The highest BCUT2D eigenvalue weighted by atomic mass is 16.7. The second-order valence-electron chi connectivity index (χ2n) is 11.6. The Kier molecular flexibility index (Phi) is 6.70. The molecule has 190 valence electrons. The maximum atomic E-state index is 13.1. The van der Waals surface area contributed by atoms with Crippen LogP contribution in [0.3, 0.4) is 0 Å². The number of ether oxygens (including phenoxy) is 2. The van der Waals surface area contributed by atoms with E-state index in [9.17, 15) is 9.59 Å².